The molecule has 0 saturated carbocycles. The zero-order valence-electron chi connectivity index (χ0n) is 14.3. The first-order valence-corrected chi connectivity index (χ1v) is 8.48. The Morgan fingerprint density at radius 2 is 2.24 bits per heavy atom. The molecule has 0 aliphatic carbocycles. The van der Waals surface area contributed by atoms with Gasteiger partial charge < -0.3 is 9.88 Å². The highest BCUT2D eigenvalue weighted by atomic mass is 19.1. The van der Waals surface area contributed by atoms with E-state index in [-0.39, 0.29) is 17.8 Å². The molecular formula is C18H20FN5O. The molecule has 0 unspecified atom stereocenters. The van der Waals surface area contributed by atoms with E-state index in [1.165, 1.54) is 12.1 Å². The summed E-state index contributed by atoms with van der Waals surface area (Å²) in [4.78, 5) is 22.5. The van der Waals surface area contributed by atoms with Gasteiger partial charge in [0, 0.05) is 17.8 Å². The lowest BCUT2D eigenvalue weighted by atomic mass is 10.1. The number of rotatable bonds is 3. The number of nitrogens with zero attached hydrogens (tertiary/aromatic N) is 3. The molecule has 1 saturated heterocycles. The third kappa shape index (κ3) is 2.79. The van der Waals surface area contributed by atoms with Crippen molar-refractivity contribution in [2.24, 2.45) is 0 Å². The highest BCUT2D eigenvalue weighted by molar-refractivity contribution is 5.80. The molecule has 7 heteroatoms. The number of nitrogens with one attached hydrogen (secondary N) is 2. The molecule has 0 radical (unpaired) electrons. The molecule has 4 rings (SSSR count). The van der Waals surface area contributed by atoms with Crippen LogP contribution in [0.5, 0.6) is 0 Å². The average Bonchev–Trinajstić information content (AvgIpc) is 3.28. The van der Waals surface area contributed by atoms with Crippen LogP contribution in [-0.4, -0.2) is 37.5 Å². The number of aromatic amines is 2. The molecule has 1 fully saturated rings. The Bertz CT molecular complexity index is 925. The van der Waals surface area contributed by atoms with Crippen molar-refractivity contribution in [2.75, 3.05) is 6.54 Å². The molecule has 1 aliphatic heterocycles. The zero-order valence-corrected chi connectivity index (χ0v) is 14.3. The molecule has 2 N–H and O–H groups in total. The van der Waals surface area contributed by atoms with Crippen molar-refractivity contribution < 1.29 is 9.18 Å². The van der Waals surface area contributed by atoms with Gasteiger partial charge in [-0.2, -0.15) is 5.10 Å². The first-order valence-electron chi connectivity index (χ1n) is 8.48. The van der Waals surface area contributed by atoms with E-state index in [0.29, 0.717) is 18.5 Å². The number of aryl methyl sites for hydroxylation is 2. The summed E-state index contributed by atoms with van der Waals surface area (Å²) in [6.07, 6.45) is 2.13. The molecule has 3 aromatic rings. The van der Waals surface area contributed by atoms with Gasteiger partial charge in [-0.05, 0) is 44.9 Å². The van der Waals surface area contributed by atoms with Gasteiger partial charge >= 0.3 is 0 Å². The molecule has 2 aromatic heterocycles. The summed E-state index contributed by atoms with van der Waals surface area (Å²) in [5.41, 5.74) is 4.14. The Balaban J connectivity index is 1.60. The number of benzene rings is 1. The number of amides is 1. The van der Waals surface area contributed by atoms with Gasteiger partial charge in [0.1, 0.15) is 11.6 Å². The van der Waals surface area contributed by atoms with E-state index in [1.807, 2.05) is 18.7 Å². The number of imidazole rings is 1. The second-order valence-electron chi connectivity index (χ2n) is 6.62. The Hall–Kier alpha value is -2.70. The normalized spacial score (nSPS) is 17.6. The standard InChI is InChI=1S/C18H20FN5O/c1-10-13(11(2)23-22-10)9-17(25)24-7-3-4-16(24)18-20-14-6-5-12(19)8-15(14)21-18/h5-6,8,16H,3-4,7,9H2,1-2H3,(H,20,21)(H,22,23)/t16-/m1/s1. The first-order chi connectivity index (χ1) is 12.0. The van der Waals surface area contributed by atoms with Gasteiger partial charge in [0.25, 0.3) is 0 Å². The van der Waals surface area contributed by atoms with Gasteiger partial charge in [-0.15, -0.1) is 0 Å². The Kier molecular flexibility index (Phi) is 3.78. The van der Waals surface area contributed by atoms with Crippen molar-refractivity contribution in [1.29, 1.82) is 0 Å². The van der Waals surface area contributed by atoms with E-state index in [1.54, 1.807) is 6.07 Å². The lowest BCUT2D eigenvalue weighted by molar-refractivity contribution is -0.131. The van der Waals surface area contributed by atoms with E-state index in [4.69, 9.17) is 0 Å². The van der Waals surface area contributed by atoms with E-state index in [0.717, 1.165) is 41.1 Å². The number of hydrogen-bond donors (Lipinski definition) is 2. The number of hydrogen-bond acceptors (Lipinski definition) is 3. The van der Waals surface area contributed by atoms with Crippen LogP contribution in [-0.2, 0) is 11.2 Å². The van der Waals surface area contributed by atoms with Crippen molar-refractivity contribution in [2.45, 2.75) is 39.2 Å². The fourth-order valence-electron chi connectivity index (χ4n) is 3.60. The highest BCUT2D eigenvalue weighted by Gasteiger charge is 2.32. The SMILES string of the molecule is Cc1n[nH]c(C)c1CC(=O)N1CCC[C@@H]1c1nc2ccc(F)cc2[nH]1. The molecule has 0 spiro atoms. The summed E-state index contributed by atoms with van der Waals surface area (Å²) in [6, 6.07) is 4.40. The number of carbonyl (C=O) groups excluding carboxylic acids is 1. The topological polar surface area (TPSA) is 77.7 Å². The summed E-state index contributed by atoms with van der Waals surface area (Å²) >= 11 is 0. The lowest BCUT2D eigenvalue weighted by Gasteiger charge is -2.23. The maximum absolute atomic E-state index is 13.4. The zero-order chi connectivity index (χ0) is 17.6. The minimum Gasteiger partial charge on any atom is -0.340 e. The molecule has 1 amide bonds. The van der Waals surface area contributed by atoms with Crippen LogP contribution in [0.2, 0.25) is 0 Å². The molecule has 1 aromatic carbocycles. The third-order valence-corrected chi connectivity index (χ3v) is 4.96. The summed E-state index contributed by atoms with van der Waals surface area (Å²) in [5, 5.41) is 7.08. The number of aromatic nitrogens is 4. The Labute approximate surface area is 144 Å². The summed E-state index contributed by atoms with van der Waals surface area (Å²) < 4.78 is 13.4. The highest BCUT2D eigenvalue weighted by Crippen LogP contribution is 2.32. The third-order valence-electron chi connectivity index (χ3n) is 4.96. The van der Waals surface area contributed by atoms with Crippen LogP contribution >= 0.6 is 0 Å². The molecular weight excluding hydrogens is 321 g/mol. The average molecular weight is 341 g/mol. The summed E-state index contributed by atoms with van der Waals surface area (Å²) in [5.74, 6) is 0.502. The summed E-state index contributed by atoms with van der Waals surface area (Å²) in [7, 11) is 0. The molecule has 3 heterocycles. The van der Waals surface area contributed by atoms with Gasteiger partial charge in [-0.3, -0.25) is 9.89 Å². The minimum absolute atomic E-state index is 0.0711. The second-order valence-corrected chi connectivity index (χ2v) is 6.62. The summed E-state index contributed by atoms with van der Waals surface area (Å²) in [6.45, 7) is 4.55. The first kappa shape index (κ1) is 15.8. The number of halogens is 1. The van der Waals surface area contributed by atoms with Crippen LogP contribution in [0.4, 0.5) is 4.39 Å². The predicted molar refractivity (Wildman–Crippen MR) is 91.5 cm³/mol. The second kappa shape index (κ2) is 5.98. The van der Waals surface area contributed by atoms with Crippen molar-refractivity contribution in [1.82, 2.24) is 25.1 Å². The molecule has 6 nitrogen and oxygen atoms in total. The van der Waals surface area contributed by atoms with Crippen LogP contribution < -0.4 is 0 Å². The predicted octanol–water partition coefficient (Wildman–Crippen LogP) is 2.95. The van der Waals surface area contributed by atoms with E-state index >= 15 is 0 Å². The maximum atomic E-state index is 13.4. The largest absolute Gasteiger partial charge is 0.340 e. The van der Waals surface area contributed by atoms with Crippen LogP contribution in [0.3, 0.4) is 0 Å². The molecule has 1 aliphatic rings. The van der Waals surface area contributed by atoms with Crippen LogP contribution in [0.1, 0.15) is 41.7 Å². The minimum atomic E-state index is -0.298. The number of fused-ring (bicyclic) bond motifs is 1. The molecule has 0 bridgehead atoms. The van der Waals surface area contributed by atoms with Gasteiger partial charge in [0.15, 0.2) is 0 Å². The van der Waals surface area contributed by atoms with Gasteiger partial charge in [0.2, 0.25) is 5.91 Å². The fourth-order valence-corrected chi connectivity index (χ4v) is 3.60. The Morgan fingerprint density at radius 3 is 3.00 bits per heavy atom. The lowest BCUT2D eigenvalue weighted by Crippen LogP contribution is -2.32. The van der Waals surface area contributed by atoms with Crippen molar-refractivity contribution in [3.63, 3.8) is 0 Å². The number of likely N-dealkylation sites (tertiary alicyclic amines) is 1. The molecule has 25 heavy (non-hydrogen) atoms. The fraction of sp³-hybridized carbons (Fsp3) is 0.389. The van der Waals surface area contributed by atoms with E-state index in [2.05, 4.69) is 20.2 Å². The van der Waals surface area contributed by atoms with Crippen LogP contribution in [0, 0.1) is 19.7 Å². The van der Waals surface area contributed by atoms with Crippen molar-refractivity contribution in [3.05, 3.63) is 46.8 Å². The van der Waals surface area contributed by atoms with Crippen molar-refractivity contribution in [3.8, 4) is 0 Å². The molecule has 130 valence electrons. The van der Waals surface area contributed by atoms with Gasteiger partial charge in [-0.25, -0.2) is 9.37 Å². The quantitative estimate of drug-likeness (QED) is 0.769. The number of H-pyrrole nitrogens is 2. The number of carbonyl (C=O) groups is 1. The van der Waals surface area contributed by atoms with Crippen LogP contribution in [0.25, 0.3) is 11.0 Å². The van der Waals surface area contributed by atoms with Gasteiger partial charge in [-0.1, -0.05) is 0 Å². The van der Waals surface area contributed by atoms with Crippen LogP contribution in [0.15, 0.2) is 18.2 Å². The smallest absolute Gasteiger partial charge is 0.227 e. The maximum Gasteiger partial charge on any atom is 0.227 e. The van der Waals surface area contributed by atoms with Gasteiger partial charge in [0.05, 0.1) is 29.2 Å². The van der Waals surface area contributed by atoms with E-state index in [9.17, 15) is 9.18 Å². The molecule has 1 atom stereocenters. The monoisotopic (exact) mass is 341 g/mol. The van der Waals surface area contributed by atoms with Crippen molar-refractivity contribution >= 4 is 16.9 Å². The van der Waals surface area contributed by atoms with E-state index < -0.39 is 0 Å². The Morgan fingerprint density at radius 1 is 1.40 bits per heavy atom.